The van der Waals surface area contributed by atoms with Gasteiger partial charge in [0, 0.05) is 19.1 Å². The van der Waals surface area contributed by atoms with E-state index in [9.17, 15) is 15.2 Å². The van der Waals surface area contributed by atoms with E-state index in [0.717, 1.165) is 32.2 Å². The molecule has 2 unspecified atom stereocenters. The molecule has 1 amide bonds. The standard InChI is InChI=1S/C24H32N4O2/c25-12-20-7-19(27-13-16-4-2-1-3-5-16)14-28(20)22(29)21(26)23-8-17-6-18(9-23)11-24(30,10-17)15-23/h1-5,17-21,27,30H,6-11,13-15,26H2/t17?,18?,19-,20-,21+,23?,24?/m0/s1. The summed E-state index contributed by atoms with van der Waals surface area (Å²) in [4.78, 5) is 15.2. The van der Waals surface area contributed by atoms with Crippen molar-refractivity contribution in [3.8, 4) is 6.07 Å². The van der Waals surface area contributed by atoms with Gasteiger partial charge in [0.1, 0.15) is 6.04 Å². The van der Waals surface area contributed by atoms with Crippen molar-refractivity contribution in [1.82, 2.24) is 10.2 Å². The zero-order chi connectivity index (χ0) is 20.9. The third-order valence-corrected chi connectivity index (χ3v) is 8.17. The first-order chi connectivity index (χ1) is 14.4. The highest BCUT2D eigenvalue weighted by atomic mass is 16.3. The minimum Gasteiger partial charge on any atom is -0.390 e. The van der Waals surface area contributed by atoms with Gasteiger partial charge in [0.25, 0.3) is 0 Å². The van der Waals surface area contributed by atoms with Gasteiger partial charge in [0.05, 0.1) is 17.7 Å². The fraction of sp³-hybridized carbons (Fsp3) is 0.667. The van der Waals surface area contributed by atoms with Gasteiger partial charge in [-0.15, -0.1) is 0 Å². The summed E-state index contributed by atoms with van der Waals surface area (Å²) < 4.78 is 0. The van der Waals surface area contributed by atoms with Crippen LogP contribution in [0.15, 0.2) is 30.3 Å². The molecule has 6 rings (SSSR count). The first-order valence-electron chi connectivity index (χ1n) is 11.4. The highest BCUT2D eigenvalue weighted by molar-refractivity contribution is 5.83. The van der Waals surface area contributed by atoms with Gasteiger partial charge in [-0.1, -0.05) is 30.3 Å². The van der Waals surface area contributed by atoms with Crippen LogP contribution in [0.2, 0.25) is 0 Å². The van der Waals surface area contributed by atoms with E-state index < -0.39 is 17.7 Å². The molecule has 0 aromatic heterocycles. The summed E-state index contributed by atoms with van der Waals surface area (Å²) in [5.74, 6) is 0.873. The van der Waals surface area contributed by atoms with E-state index in [-0.39, 0.29) is 17.4 Å². The number of aliphatic hydroxyl groups is 1. The molecule has 1 aliphatic heterocycles. The number of amides is 1. The minimum atomic E-state index is -0.638. The number of nitrogens with two attached hydrogens (primary N) is 1. The molecule has 1 aromatic carbocycles. The zero-order valence-corrected chi connectivity index (χ0v) is 17.5. The van der Waals surface area contributed by atoms with Crippen LogP contribution in [0.4, 0.5) is 0 Å². The van der Waals surface area contributed by atoms with Gasteiger partial charge in [-0.3, -0.25) is 4.79 Å². The van der Waals surface area contributed by atoms with Crippen LogP contribution in [0.25, 0.3) is 0 Å². The predicted octanol–water partition coefficient (Wildman–Crippen LogP) is 1.93. The van der Waals surface area contributed by atoms with Crippen LogP contribution in [0.1, 0.15) is 50.5 Å². The fourth-order valence-corrected chi connectivity index (χ4v) is 7.30. The van der Waals surface area contributed by atoms with Crippen molar-refractivity contribution in [2.24, 2.45) is 23.0 Å². The van der Waals surface area contributed by atoms with Crippen LogP contribution in [-0.2, 0) is 11.3 Å². The van der Waals surface area contributed by atoms with Crippen LogP contribution in [0.5, 0.6) is 0 Å². The third-order valence-electron chi connectivity index (χ3n) is 8.17. The minimum absolute atomic E-state index is 0.0894. The summed E-state index contributed by atoms with van der Waals surface area (Å²) >= 11 is 0. The molecule has 160 valence electrons. The molecule has 0 radical (unpaired) electrons. The van der Waals surface area contributed by atoms with Crippen molar-refractivity contribution in [2.45, 2.75) is 75.2 Å². The summed E-state index contributed by atoms with van der Waals surface area (Å²) in [6.07, 6.45) is 6.05. The van der Waals surface area contributed by atoms with Crippen molar-refractivity contribution in [1.29, 1.82) is 5.26 Å². The number of carbonyl (C=O) groups is 1. The van der Waals surface area contributed by atoms with Crippen LogP contribution >= 0.6 is 0 Å². The SMILES string of the molecule is N#C[C@@H]1C[C@H](NCc2ccccc2)CN1C(=O)[C@@H](N)C12CC3CC(CC(O)(C3)C1)C2. The number of hydrogen-bond donors (Lipinski definition) is 3. The predicted molar refractivity (Wildman–Crippen MR) is 113 cm³/mol. The van der Waals surface area contributed by atoms with Crippen molar-refractivity contribution < 1.29 is 9.90 Å². The third kappa shape index (κ3) is 3.43. The van der Waals surface area contributed by atoms with Gasteiger partial charge in [-0.2, -0.15) is 5.26 Å². The number of benzene rings is 1. The summed E-state index contributed by atoms with van der Waals surface area (Å²) in [5, 5.41) is 24.2. The summed E-state index contributed by atoms with van der Waals surface area (Å²) in [6.45, 7) is 1.24. The smallest absolute Gasteiger partial charge is 0.241 e. The molecule has 5 fully saturated rings. The molecule has 1 aromatic rings. The molecule has 5 aliphatic rings. The van der Waals surface area contributed by atoms with Gasteiger partial charge in [0.15, 0.2) is 0 Å². The maximum absolute atomic E-state index is 13.5. The highest BCUT2D eigenvalue weighted by Gasteiger charge is 2.61. The van der Waals surface area contributed by atoms with Crippen LogP contribution < -0.4 is 11.1 Å². The molecule has 4 aliphatic carbocycles. The van der Waals surface area contributed by atoms with Crippen LogP contribution in [0, 0.1) is 28.6 Å². The number of hydrogen-bond acceptors (Lipinski definition) is 5. The van der Waals surface area contributed by atoms with Crippen molar-refractivity contribution in [3.05, 3.63) is 35.9 Å². The Morgan fingerprint density at radius 1 is 1.23 bits per heavy atom. The maximum Gasteiger partial charge on any atom is 0.241 e. The van der Waals surface area contributed by atoms with Crippen LogP contribution in [0.3, 0.4) is 0 Å². The second-order valence-corrected chi connectivity index (χ2v) is 10.5. The number of nitrogens with zero attached hydrogens (tertiary/aromatic N) is 2. The molecule has 5 atom stereocenters. The Hall–Kier alpha value is -1.94. The van der Waals surface area contributed by atoms with Gasteiger partial charge >= 0.3 is 0 Å². The van der Waals surface area contributed by atoms with E-state index in [2.05, 4.69) is 23.5 Å². The van der Waals surface area contributed by atoms with E-state index in [1.54, 1.807) is 4.90 Å². The van der Waals surface area contributed by atoms with E-state index in [4.69, 9.17) is 5.73 Å². The quantitative estimate of drug-likeness (QED) is 0.691. The average molecular weight is 409 g/mol. The molecule has 0 spiro atoms. The first kappa shape index (κ1) is 20.0. The largest absolute Gasteiger partial charge is 0.390 e. The fourth-order valence-electron chi connectivity index (χ4n) is 7.30. The summed E-state index contributed by atoms with van der Waals surface area (Å²) in [7, 11) is 0. The van der Waals surface area contributed by atoms with E-state index in [0.29, 0.717) is 31.2 Å². The van der Waals surface area contributed by atoms with E-state index in [1.165, 1.54) is 12.0 Å². The second kappa shape index (κ2) is 7.33. The van der Waals surface area contributed by atoms with Gasteiger partial charge in [-0.25, -0.2) is 0 Å². The maximum atomic E-state index is 13.5. The number of carbonyl (C=O) groups excluding carboxylic acids is 1. The van der Waals surface area contributed by atoms with Crippen LogP contribution in [-0.4, -0.2) is 46.2 Å². The lowest BCUT2D eigenvalue weighted by molar-refractivity contribution is -0.177. The molecule has 4 N–H and O–H groups in total. The Morgan fingerprint density at radius 2 is 1.93 bits per heavy atom. The molecule has 1 saturated heterocycles. The second-order valence-electron chi connectivity index (χ2n) is 10.5. The molecule has 4 saturated carbocycles. The van der Waals surface area contributed by atoms with Crippen molar-refractivity contribution >= 4 is 5.91 Å². The highest BCUT2D eigenvalue weighted by Crippen LogP contribution is 2.62. The number of nitrogens with one attached hydrogen (secondary N) is 1. The molecular weight excluding hydrogens is 376 g/mol. The van der Waals surface area contributed by atoms with Gasteiger partial charge in [-0.05, 0) is 67.8 Å². The average Bonchev–Trinajstić information content (AvgIpc) is 3.13. The topological polar surface area (TPSA) is 102 Å². The van der Waals surface area contributed by atoms with Gasteiger partial charge in [0.2, 0.25) is 5.91 Å². The van der Waals surface area contributed by atoms with Crippen molar-refractivity contribution in [2.75, 3.05) is 6.54 Å². The molecular formula is C24H32N4O2. The molecule has 6 nitrogen and oxygen atoms in total. The lowest BCUT2D eigenvalue weighted by Crippen LogP contribution is -2.64. The molecule has 30 heavy (non-hydrogen) atoms. The lowest BCUT2D eigenvalue weighted by atomic mass is 9.46. The van der Waals surface area contributed by atoms with Crippen molar-refractivity contribution in [3.63, 3.8) is 0 Å². The Bertz CT molecular complexity index is 837. The Balaban J connectivity index is 1.27. The molecule has 6 heteroatoms. The number of likely N-dealkylation sites (tertiary alicyclic amines) is 1. The van der Waals surface area contributed by atoms with E-state index in [1.807, 2.05) is 18.2 Å². The monoisotopic (exact) mass is 408 g/mol. The lowest BCUT2D eigenvalue weighted by Gasteiger charge is -2.61. The molecule has 4 bridgehead atoms. The summed E-state index contributed by atoms with van der Waals surface area (Å²) in [5.41, 5.74) is 6.90. The molecule has 1 heterocycles. The number of nitriles is 1. The Kier molecular flexibility index (Phi) is 4.89. The Labute approximate surface area is 178 Å². The zero-order valence-electron chi connectivity index (χ0n) is 17.5. The summed E-state index contributed by atoms with van der Waals surface area (Å²) in [6, 6.07) is 11.5. The first-order valence-corrected chi connectivity index (χ1v) is 11.4. The Morgan fingerprint density at radius 3 is 2.57 bits per heavy atom. The number of rotatable bonds is 5. The normalized spacial score (nSPS) is 40.4. The van der Waals surface area contributed by atoms with E-state index >= 15 is 0 Å². The van der Waals surface area contributed by atoms with Gasteiger partial charge < -0.3 is 21.1 Å².